The Bertz CT molecular complexity index is 840. The highest BCUT2D eigenvalue weighted by Crippen LogP contribution is 2.37. The van der Waals surface area contributed by atoms with Gasteiger partial charge in [-0.2, -0.15) is 0 Å². The molecule has 3 rings (SSSR count). The molecule has 0 saturated carbocycles. The first-order valence-electron chi connectivity index (χ1n) is 10.7. The maximum atomic E-state index is 11.7. The summed E-state index contributed by atoms with van der Waals surface area (Å²) >= 11 is 0. The molecular formula is C25H33NO4Si. The van der Waals surface area contributed by atoms with Gasteiger partial charge in [0.2, 0.25) is 0 Å². The molecule has 0 bridgehead atoms. The van der Waals surface area contributed by atoms with Gasteiger partial charge in [0.25, 0.3) is 8.32 Å². The third kappa shape index (κ3) is 5.15. The SMILES string of the molecule is COC(=O)C[C@@H]1C=C[C@@H](N)[C@@H](CO[Si](c2ccccc2)(c2ccccc2)C(C)(C)C)O1. The van der Waals surface area contributed by atoms with Gasteiger partial charge in [0.1, 0.15) is 0 Å². The second-order valence-corrected chi connectivity index (χ2v) is 13.2. The molecule has 0 radical (unpaired) electrons. The highest BCUT2D eigenvalue weighted by molar-refractivity contribution is 6.99. The Labute approximate surface area is 186 Å². The summed E-state index contributed by atoms with van der Waals surface area (Å²) in [6.07, 6.45) is 3.19. The van der Waals surface area contributed by atoms with E-state index in [1.54, 1.807) is 0 Å². The van der Waals surface area contributed by atoms with Gasteiger partial charge in [-0.05, 0) is 15.4 Å². The molecule has 5 nitrogen and oxygen atoms in total. The first-order valence-corrected chi connectivity index (χ1v) is 12.6. The lowest BCUT2D eigenvalue weighted by Gasteiger charge is -2.44. The van der Waals surface area contributed by atoms with Crippen molar-refractivity contribution in [2.75, 3.05) is 13.7 Å². The van der Waals surface area contributed by atoms with Gasteiger partial charge in [-0.25, -0.2) is 0 Å². The molecule has 2 aromatic rings. The molecule has 6 heteroatoms. The number of methoxy groups -OCH3 is 1. The summed E-state index contributed by atoms with van der Waals surface area (Å²) < 4.78 is 17.9. The number of nitrogens with two attached hydrogens (primary N) is 1. The van der Waals surface area contributed by atoms with Gasteiger partial charge >= 0.3 is 5.97 Å². The van der Waals surface area contributed by atoms with Gasteiger partial charge < -0.3 is 19.6 Å². The van der Waals surface area contributed by atoms with Crippen LogP contribution in [-0.2, 0) is 18.7 Å². The van der Waals surface area contributed by atoms with E-state index < -0.39 is 8.32 Å². The zero-order valence-corrected chi connectivity index (χ0v) is 19.8. The Balaban J connectivity index is 1.93. The minimum absolute atomic E-state index is 0.129. The summed E-state index contributed by atoms with van der Waals surface area (Å²) in [4.78, 5) is 11.7. The van der Waals surface area contributed by atoms with Crippen molar-refractivity contribution in [2.24, 2.45) is 5.73 Å². The first kappa shape index (κ1) is 23.4. The van der Waals surface area contributed by atoms with E-state index in [4.69, 9.17) is 19.6 Å². The number of benzene rings is 2. The van der Waals surface area contributed by atoms with Crippen molar-refractivity contribution in [1.82, 2.24) is 0 Å². The Morgan fingerprint density at radius 3 is 2.03 bits per heavy atom. The van der Waals surface area contributed by atoms with E-state index >= 15 is 0 Å². The number of hydrogen-bond donors (Lipinski definition) is 1. The molecule has 0 amide bonds. The van der Waals surface area contributed by atoms with Crippen LogP contribution in [0.2, 0.25) is 5.04 Å². The van der Waals surface area contributed by atoms with Crippen LogP contribution >= 0.6 is 0 Å². The largest absolute Gasteiger partial charge is 0.469 e. The molecule has 2 N–H and O–H groups in total. The Morgan fingerprint density at radius 1 is 1.00 bits per heavy atom. The van der Waals surface area contributed by atoms with Crippen LogP contribution < -0.4 is 16.1 Å². The first-order chi connectivity index (χ1) is 14.8. The third-order valence-corrected chi connectivity index (χ3v) is 10.8. The molecular weight excluding hydrogens is 406 g/mol. The quantitative estimate of drug-likeness (QED) is 0.408. The number of esters is 1. The van der Waals surface area contributed by atoms with Crippen molar-refractivity contribution < 1.29 is 18.7 Å². The van der Waals surface area contributed by atoms with Crippen LogP contribution in [0.15, 0.2) is 72.8 Å². The molecule has 0 spiro atoms. The average molecular weight is 440 g/mol. The zero-order valence-electron chi connectivity index (χ0n) is 18.8. The van der Waals surface area contributed by atoms with Crippen molar-refractivity contribution in [3.8, 4) is 0 Å². The van der Waals surface area contributed by atoms with E-state index in [1.165, 1.54) is 17.5 Å². The molecule has 166 valence electrons. The zero-order chi connectivity index (χ0) is 22.5. The lowest BCUT2D eigenvalue weighted by atomic mass is 10.1. The molecule has 31 heavy (non-hydrogen) atoms. The van der Waals surface area contributed by atoms with Crippen molar-refractivity contribution in [2.45, 2.75) is 50.5 Å². The predicted octanol–water partition coefficient (Wildman–Crippen LogP) is 2.78. The average Bonchev–Trinajstić information content (AvgIpc) is 2.76. The van der Waals surface area contributed by atoms with Gasteiger partial charge in [0.15, 0.2) is 0 Å². The van der Waals surface area contributed by atoms with Crippen LogP contribution in [0.25, 0.3) is 0 Å². The smallest absolute Gasteiger partial charge is 0.308 e. The lowest BCUT2D eigenvalue weighted by Crippen LogP contribution is -2.67. The molecule has 0 fully saturated rings. The fourth-order valence-corrected chi connectivity index (χ4v) is 8.79. The third-order valence-electron chi connectivity index (χ3n) is 5.80. The van der Waals surface area contributed by atoms with Crippen LogP contribution in [0.1, 0.15) is 27.2 Å². The van der Waals surface area contributed by atoms with E-state index in [0.717, 1.165) is 0 Å². The molecule has 0 aromatic heterocycles. The minimum Gasteiger partial charge on any atom is -0.469 e. The fourth-order valence-electron chi connectivity index (χ4n) is 4.22. The van der Waals surface area contributed by atoms with Crippen molar-refractivity contribution in [3.05, 3.63) is 72.8 Å². The maximum absolute atomic E-state index is 11.7. The molecule has 0 unspecified atom stereocenters. The Kier molecular flexibility index (Phi) is 7.49. The standard InChI is InChI=1S/C25H33NO4Si/c1-25(2,3)31(20-11-7-5-8-12-20,21-13-9-6-10-14-21)29-18-23-22(26)16-15-19(30-23)17-24(27)28-4/h5-16,19,22-23H,17-18,26H2,1-4H3/t19-,22+,23+/m0/s1. The molecule has 3 atom stereocenters. The molecule has 0 aliphatic carbocycles. The van der Waals surface area contributed by atoms with Crippen molar-refractivity contribution >= 4 is 24.7 Å². The lowest BCUT2D eigenvalue weighted by molar-refractivity contribution is -0.144. The molecule has 2 aromatic carbocycles. The number of rotatable bonds is 7. The normalized spacial score (nSPS) is 21.6. The summed E-state index contributed by atoms with van der Waals surface area (Å²) in [5, 5.41) is 2.29. The van der Waals surface area contributed by atoms with Crippen LogP contribution in [0.3, 0.4) is 0 Å². The van der Waals surface area contributed by atoms with E-state index in [9.17, 15) is 4.79 Å². The van der Waals surface area contributed by atoms with Crippen LogP contribution in [0.4, 0.5) is 0 Å². The Morgan fingerprint density at radius 2 is 1.55 bits per heavy atom. The fraction of sp³-hybridized carbons (Fsp3) is 0.400. The summed E-state index contributed by atoms with van der Waals surface area (Å²) in [7, 11) is -1.30. The Hall–Kier alpha value is -2.25. The number of carbonyl (C=O) groups is 1. The monoisotopic (exact) mass is 439 g/mol. The predicted molar refractivity (Wildman–Crippen MR) is 126 cm³/mol. The second-order valence-electron chi connectivity index (χ2n) is 8.93. The minimum atomic E-state index is -2.68. The van der Waals surface area contributed by atoms with Gasteiger partial charge in [-0.1, -0.05) is 93.6 Å². The summed E-state index contributed by atoms with van der Waals surface area (Å²) in [6.45, 7) is 7.05. The van der Waals surface area contributed by atoms with Crippen molar-refractivity contribution in [1.29, 1.82) is 0 Å². The number of hydrogen-bond acceptors (Lipinski definition) is 5. The highest BCUT2D eigenvalue weighted by Gasteiger charge is 2.50. The summed E-state index contributed by atoms with van der Waals surface area (Å²) in [5.74, 6) is -0.309. The van der Waals surface area contributed by atoms with E-state index in [2.05, 4.69) is 69.3 Å². The van der Waals surface area contributed by atoms with Gasteiger partial charge in [-0.3, -0.25) is 4.79 Å². The topological polar surface area (TPSA) is 70.8 Å². The van der Waals surface area contributed by atoms with Gasteiger partial charge in [0, 0.05) is 0 Å². The number of carbonyl (C=O) groups excluding carboxylic acids is 1. The van der Waals surface area contributed by atoms with Crippen LogP contribution in [0, 0.1) is 0 Å². The van der Waals surface area contributed by atoms with Crippen molar-refractivity contribution in [3.63, 3.8) is 0 Å². The second kappa shape index (κ2) is 9.91. The van der Waals surface area contributed by atoms with Gasteiger partial charge in [0.05, 0.1) is 38.4 Å². The molecule has 1 heterocycles. The van der Waals surface area contributed by atoms with E-state index in [1.807, 2.05) is 24.3 Å². The van der Waals surface area contributed by atoms with E-state index in [-0.39, 0.29) is 35.7 Å². The maximum Gasteiger partial charge on any atom is 0.308 e. The number of ether oxygens (including phenoxy) is 2. The highest BCUT2D eigenvalue weighted by atomic mass is 28.4. The van der Waals surface area contributed by atoms with Crippen LogP contribution in [-0.4, -0.2) is 46.3 Å². The summed E-state index contributed by atoms with van der Waals surface area (Å²) in [5.41, 5.74) is 6.33. The van der Waals surface area contributed by atoms with Gasteiger partial charge in [-0.15, -0.1) is 0 Å². The molecule has 0 saturated heterocycles. The van der Waals surface area contributed by atoms with E-state index in [0.29, 0.717) is 6.61 Å². The summed E-state index contributed by atoms with van der Waals surface area (Å²) in [6, 6.07) is 20.6. The molecule has 1 aliphatic rings. The molecule has 1 aliphatic heterocycles. The van der Waals surface area contributed by atoms with Crippen LogP contribution in [0.5, 0.6) is 0 Å².